The average Bonchev–Trinajstić information content (AvgIpc) is 2.92. The number of aldehydes is 1. The molecule has 0 atom stereocenters. The van der Waals surface area contributed by atoms with Crippen LogP contribution in [0.4, 0.5) is 0 Å². The minimum absolute atomic E-state index is 0.309. The lowest BCUT2D eigenvalue weighted by Crippen LogP contribution is -2.36. The number of hydrogen-bond donors (Lipinski definition) is 1. The van der Waals surface area contributed by atoms with Crippen LogP contribution < -0.4 is 5.32 Å². The highest BCUT2D eigenvalue weighted by Gasteiger charge is 2.14. The Kier molecular flexibility index (Phi) is 8.14. The third-order valence-corrected chi connectivity index (χ3v) is 4.10. The molecule has 1 aromatic heterocycles. The fraction of sp³-hybridized carbons (Fsp3) is 0.600. The summed E-state index contributed by atoms with van der Waals surface area (Å²) in [6, 6.07) is 3.77. The first-order valence-corrected chi connectivity index (χ1v) is 7.93. The van der Waals surface area contributed by atoms with E-state index in [9.17, 15) is 9.59 Å². The summed E-state index contributed by atoms with van der Waals surface area (Å²) in [4.78, 5) is 25.5. The predicted octanol–water partition coefficient (Wildman–Crippen LogP) is 2.48. The minimum atomic E-state index is 0.309. The molecule has 0 bridgehead atoms. The number of amides is 1. The van der Waals surface area contributed by atoms with Gasteiger partial charge in [-0.2, -0.15) is 0 Å². The molecule has 4 nitrogen and oxygen atoms in total. The van der Waals surface area contributed by atoms with Crippen LogP contribution in [0.5, 0.6) is 0 Å². The van der Waals surface area contributed by atoms with Crippen LogP contribution in [-0.2, 0) is 4.79 Å². The van der Waals surface area contributed by atoms with Crippen LogP contribution in [0.25, 0.3) is 0 Å². The van der Waals surface area contributed by atoms with E-state index < -0.39 is 0 Å². The van der Waals surface area contributed by atoms with Crippen molar-refractivity contribution in [3.63, 3.8) is 0 Å². The van der Waals surface area contributed by atoms with E-state index in [1.165, 1.54) is 35.5 Å². The largest absolute Gasteiger partial charge is 0.343 e. The lowest BCUT2D eigenvalue weighted by Gasteiger charge is -2.26. The van der Waals surface area contributed by atoms with Crippen LogP contribution in [-0.4, -0.2) is 43.8 Å². The number of nitrogens with one attached hydrogen (secondary N) is 1. The van der Waals surface area contributed by atoms with Crippen molar-refractivity contribution in [2.45, 2.75) is 32.6 Å². The molecular formula is C15H24N2O2S. The number of hydrogen-bond acceptors (Lipinski definition) is 4. The summed E-state index contributed by atoms with van der Waals surface area (Å²) in [5.74, 6) is 0.309. The molecule has 20 heavy (non-hydrogen) atoms. The first-order chi connectivity index (χ1) is 9.67. The topological polar surface area (TPSA) is 49.4 Å². The summed E-state index contributed by atoms with van der Waals surface area (Å²) >= 11 is 1.52. The van der Waals surface area contributed by atoms with Crippen LogP contribution in [0.1, 0.15) is 40.2 Å². The highest BCUT2D eigenvalue weighted by atomic mass is 32.1. The van der Waals surface area contributed by atoms with Crippen molar-refractivity contribution < 1.29 is 9.59 Å². The number of thiophene rings is 1. The smallest absolute Gasteiger partial charge is 0.223 e. The second kappa shape index (κ2) is 9.66. The zero-order chi connectivity index (χ0) is 14.8. The first-order valence-electron chi connectivity index (χ1n) is 7.11. The molecule has 0 saturated carbocycles. The van der Waals surface area contributed by atoms with Gasteiger partial charge in [0.2, 0.25) is 5.91 Å². The van der Waals surface area contributed by atoms with Crippen LogP contribution in [0, 0.1) is 6.92 Å². The van der Waals surface area contributed by atoms with E-state index in [0.717, 1.165) is 30.8 Å². The highest BCUT2D eigenvalue weighted by molar-refractivity contribution is 7.13. The molecule has 5 heteroatoms. The zero-order valence-corrected chi connectivity index (χ0v) is 13.2. The Hall–Kier alpha value is -1.20. The summed E-state index contributed by atoms with van der Waals surface area (Å²) in [7, 11) is 1.88. The molecule has 112 valence electrons. The number of likely N-dealkylation sites (tertiary alicyclic amines) is 1. The molecule has 1 aliphatic rings. The van der Waals surface area contributed by atoms with Crippen molar-refractivity contribution in [2.75, 3.05) is 26.7 Å². The zero-order valence-electron chi connectivity index (χ0n) is 12.4. The Labute approximate surface area is 125 Å². The molecule has 2 heterocycles. The van der Waals surface area contributed by atoms with Gasteiger partial charge in [0.05, 0.1) is 4.88 Å². The second-order valence-electron chi connectivity index (χ2n) is 4.86. The van der Waals surface area contributed by atoms with E-state index in [4.69, 9.17) is 0 Å². The van der Waals surface area contributed by atoms with Gasteiger partial charge in [0.15, 0.2) is 6.29 Å². The van der Waals surface area contributed by atoms with Gasteiger partial charge in [0, 0.05) is 30.9 Å². The van der Waals surface area contributed by atoms with Crippen molar-refractivity contribution in [1.82, 2.24) is 10.2 Å². The lowest BCUT2D eigenvalue weighted by molar-refractivity contribution is -0.131. The highest BCUT2D eigenvalue weighted by Crippen LogP contribution is 2.11. The molecule has 0 aliphatic carbocycles. The Bertz CT molecular complexity index is 412. The van der Waals surface area contributed by atoms with Crippen molar-refractivity contribution in [2.24, 2.45) is 0 Å². The second-order valence-corrected chi connectivity index (χ2v) is 6.18. The van der Waals surface area contributed by atoms with Crippen molar-refractivity contribution in [3.8, 4) is 0 Å². The summed E-state index contributed by atoms with van der Waals surface area (Å²) < 4.78 is 0. The quantitative estimate of drug-likeness (QED) is 0.868. The molecular weight excluding hydrogens is 272 g/mol. The van der Waals surface area contributed by atoms with Gasteiger partial charge in [0.1, 0.15) is 0 Å². The van der Waals surface area contributed by atoms with E-state index >= 15 is 0 Å². The molecule has 1 aromatic rings. The molecule has 0 unspecified atom stereocenters. The van der Waals surface area contributed by atoms with Crippen LogP contribution in [0.15, 0.2) is 12.1 Å². The maximum atomic E-state index is 11.4. The predicted molar refractivity (Wildman–Crippen MR) is 83.4 cm³/mol. The van der Waals surface area contributed by atoms with Gasteiger partial charge in [-0.1, -0.05) is 0 Å². The Morgan fingerprint density at radius 2 is 2.05 bits per heavy atom. The molecule has 0 aromatic carbocycles. The molecule has 0 spiro atoms. The first kappa shape index (κ1) is 16.9. The molecule has 1 aliphatic heterocycles. The Morgan fingerprint density at radius 1 is 1.35 bits per heavy atom. The maximum absolute atomic E-state index is 11.4. The fourth-order valence-electron chi connectivity index (χ4n) is 2.05. The van der Waals surface area contributed by atoms with Crippen LogP contribution in [0.3, 0.4) is 0 Å². The number of carbonyl (C=O) groups excluding carboxylic acids is 2. The van der Waals surface area contributed by atoms with E-state index in [1.54, 1.807) is 0 Å². The minimum Gasteiger partial charge on any atom is -0.343 e. The SMILES string of the molecule is CNCCC(=O)N1CCCCC1.Cc1ccc(C=O)s1. The third-order valence-electron chi connectivity index (χ3n) is 3.17. The number of piperidine rings is 1. The van der Waals surface area contributed by atoms with Crippen molar-refractivity contribution in [1.29, 1.82) is 0 Å². The van der Waals surface area contributed by atoms with Gasteiger partial charge in [-0.05, 0) is 45.4 Å². The lowest BCUT2D eigenvalue weighted by atomic mass is 10.1. The van der Waals surface area contributed by atoms with Crippen LogP contribution in [0.2, 0.25) is 0 Å². The fourth-order valence-corrected chi connectivity index (χ4v) is 2.74. The summed E-state index contributed by atoms with van der Waals surface area (Å²) in [5.41, 5.74) is 0. The number of aryl methyl sites for hydroxylation is 1. The number of rotatable bonds is 4. The number of nitrogens with zero attached hydrogens (tertiary/aromatic N) is 1. The standard InChI is InChI=1S/C9H18N2O.C6H6OS/c1-10-6-5-9(12)11-7-3-2-4-8-11;1-5-2-3-6(4-7)8-5/h10H,2-8H2,1H3;2-4H,1H3. The van der Waals surface area contributed by atoms with Crippen LogP contribution >= 0.6 is 11.3 Å². The molecule has 1 saturated heterocycles. The van der Waals surface area contributed by atoms with Crippen molar-refractivity contribution in [3.05, 3.63) is 21.9 Å². The molecule has 0 radical (unpaired) electrons. The van der Waals surface area contributed by atoms with Gasteiger partial charge in [0.25, 0.3) is 0 Å². The summed E-state index contributed by atoms with van der Waals surface area (Å²) in [6.45, 7) is 4.73. The average molecular weight is 296 g/mol. The van der Waals surface area contributed by atoms with Crippen molar-refractivity contribution >= 4 is 23.5 Å². The molecule has 1 amide bonds. The normalized spacial score (nSPS) is 14.4. The molecule has 1 N–H and O–H groups in total. The van der Waals surface area contributed by atoms with Gasteiger partial charge in [-0.3, -0.25) is 9.59 Å². The van der Waals surface area contributed by atoms with E-state index in [0.29, 0.717) is 12.3 Å². The van der Waals surface area contributed by atoms with E-state index in [2.05, 4.69) is 5.32 Å². The monoisotopic (exact) mass is 296 g/mol. The van der Waals surface area contributed by atoms with E-state index in [1.807, 2.05) is 31.0 Å². The van der Waals surface area contributed by atoms with Gasteiger partial charge < -0.3 is 10.2 Å². The van der Waals surface area contributed by atoms with Gasteiger partial charge in [-0.25, -0.2) is 0 Å². The molecule has 1 fully saturated rings. The number of carbonyl (C=O) groups is 2. The van der Waals surface area contributed by atoms with E-state index in [-0.39, 0.29) is 0 Å². The Balaban J connectivity index is 0.000000217. The summed E-state index contributed by atoms with van der Waals surface area (Å²) in [6.07, 6.45) is 5.18. The third kappa shape index (κ3) is 6.30. The van der Waals surface area contributed by atoms with Gasteiger partial charge >= 0.3 is 0 Å². The maximum Gasteiger partial charge on any atom is 0.223 e. The Morgan fingerprint density at radius 3 is 2.50 bits per heavy atom. The summed E-state index contributed by atoms with van der Waals surface area (Å²) in [5, 5.41) is 2.99. The van der Waals surface area contributed by atoms with Gasteiger partial charge in [-0.15, -0.1) is 11.3 Å². The molecule has 2 rings (SSSR count).